The summed E-state index contributed by atoms with van der Waals surface area (Å²) < 4.78 is 28.8. The summed E-state index contributed by atoms with van der Waals surface area (Å²) in [6.07, 6.45) is -0.943. The Morgan fingerprint density at radius 2 is 2.12 bits per heavy atom. The van der Waals surface area contributed by atoms with Crippen molar-refractivity contribution in [3.8, 4) is 5.75 Å². The van der Waals surface area contributed by atoms with E-state index in [4.69, 9.17) is 20.8 Å². The number of halogens is 2. The van der Waals surface area contributed by atoms with Crippen LogP contribution >= 0.6 is 11.6 Å². The maximum atomic E-state index is 13.9. The number of carboxylic acids is 1. The van der Waals surface area contributed by atoms with Gasteiger partial charge < -0.3 is 24.3 Å². The molecule has 0 fully saturated rings. The Balaban J connectivity index is 2.25. The van der Waals surface area contributed by atoms with Crippen LogP contribution in [-0.4, -0.2) is 23.8 Å². The Labute approximate surface area is 147 Å². The van der Waals surface area contributed by atoms with Gasteiger partial charge >= 0.3 is 12.1 Å². The fourth-order valence-corrected chi connectivity index (χ4v) is 2.14. The molecule has 9 heteroatoms. The Morgan fingerprint density at radius 3 is 2.72 bits per heavy atom. The van der Waals surface area contributed by atoms with Gasteiger partial charge in [0.2, 0.25) is 0 Å². The molecule has 1 unspecified atom stereocenters. The van der Waals surface area contributed by atoms with Gasteiger partial charge in [0.25, 0.3) is 0 Å². The van der Waals surface area contributed by atoms with Crippen LogP contribution in [0.1, 0.15) is 24.5 Å². The van der Waals surface area contributed by atoms with E-state index < -0.39 is 24.0 Å². The molecule has 1 aromatic carbocycles. The summed E-state index contributed by atoms with van der Waals surface area (Å²) in [7, 11) is 0. The zero-order valence-corrected chi connectivity index (χ0v) is 14.1. The highest BCUT2D eigenvalue weighted by molar-refractivity contribution is 6.30. The molecule has 0 saturated carbocycles. The Hall–Kier alpha value is -2.74. The number of aryl methyl sites for hydroxylation is 1. The fourth-order valence-electron chi connectivity index (χ4n) is 1.98. The van der Waals surface area contributed by atoms with Crippen LogP contribution in [0.25, 0.3) is 0 Å². The first-order valence-corrected chi connectivity index (χ1v) is 7.59. The van der Waals surface area contributed by atoms with Crippen LogP contribution in [-0.2, 0) is 9.53 Å². The second-order valence-electron chi connectivity index (χ2n) is 4.89. The van der Waals surface area contributed by atoms with E-state index in [1.54, 1.807) is 6.92 Å². The first kappa shape index (κ1) is 18.6. The molecular formula is C16H15ClFNO6. The van der Waals surface area contributed by atoms with Crippen molar-refractivity contribution < 1.29 is 33.0 Å². The molecule has 2 rings (SSSR count). The molecule has 0 amide bonds. The van der Waals surface area contributed by atoms with Gasteiger partial charge in [-0.25, -0.2) is 14.0 Å². The summed E-state index contributed by atoms with van der Waals surface area (Å²) in [5, 5.41) is 12.1. The predicted molar refractivity (Wildman–Crippen MR) is 86.5 cm³/mol. The second-order valence-corrected chi connectivity index (χ2v) is 5.33. The van der Waals surface area contributed by atoms with Crippen LogP contribution in [0.4, 0.5) is 14.9 Å². The number of nitrogens with one attached hydrogen (secondary N) is 1. The summed E-state index contributed by atoms with van der Waals surface area (Å²) in [5.41, 5.74) is -0.0706. The van der Waals surface area contributed by atoms with Crippen LogP contribution < -0.4 is 10.1 Å². The minimum Gasteiger partial charge on any atom is -0.479 e. The van der Waals surface area contributed by atoms with Gasteiger partial charge in [0.15, 0.2) is 11.8 Å². The molecule has 7 nitrogen and oxygen atoms in total. The van der Waals surface area contributed by atoms with Crippen molar-refractivity contribution in [2.75, 3.05) is 11.9 Å². The molecule has 0 radical (unpaired) electrons. The van der Waals surface area contributed by atoms with Crippen LogP contribution in [0, 0.1) is 12.7 Å². The number of aliphatic carboxylic acids is 1. The topological polar surface area (TPSA) is 98.0 Å². The summed E-state index contributed by atoms with van der Waals surface area (Å²) >= 11 is 5.67. The lowest BCUT2D eigenvalue weighted by Gasteiger charge is -2.14. The second kappa shape index (κ2) is 7.89. The lowest BCUT2D eigenvalue weighted by molar-refractivity contribution is -0.138. The summed E-state index contributed by atoms with van der Waals surface area (Å²) in [6, 6.07) is 3.58. The Bertz CT molecular complexity index is 791. The van der Waals surface area contributed by atoms with E-state index in [1.807, 2.05) is 0 Å². The van der Waals surface area contributed by atoms with Gasteiger partial charge in [0.1, 0.15) is 17.3 Å². The highest BCUT2D eigenvalue weighted by atomic mass is 35.5. The molecule has 2 aromatic rings. The number of ether oxygens (including phenoxy) is 2. The molecule has 0 aliphatic rings. The van der Waals surface area contributed by atoms with Crippen molar-refractivity contribution in [1.29, 1.82) is 0 Å². The molecular weight excluding hydrogens is 357 g/mol. The molecule has 1 aromatic heterocycles. The highest BCUT2D eigenvalue weighted by Gasteiger charge is 2.27. The third-order valence-electron chi connectivity index (χ3n) is 3.11. The zero-order chi connectivity index (χ0) is 18.6. The largest absolute Gasteiger partial charge is 0.513 e. The fraction of sp³-hybridized carbons (Fsp3) is 0.250. The van der Waals surface area contributed by atoms with Gasteiger partial charge in [-0.15, -0.1) is 0 Å². The van der Waals surface area contributed by atoms with Crippen LogP contribution in [0.15, 0.2) is 28.7 Å². The van der Waals surface area contributed by atoms with Gasteiger partial charge in [0.05, 0.1) is 12.3 Å². The first-order valence-electron chi connectivity index (χ1n) is 7.21. The van der Waals surface area contributed by atoms with Gasteiger partial charge in [-0.1, -0.05) is 11.6 Å². The molecule has 134 valence electrons. The summed E-state index contributed by atoms with van der Waals surface area (Å²) in [5.74, 6) is -1.92. The molecule has 0 aliphatic carbocycles. The van der Waals surface area contributed by atoms with Crippen molar-refractivity contribution in [2.24, 2.45) is 0 Å². The van der Waals surface area contributed by atoms with E-state index in [0.29, 0.717) is 0 Å². The van der Waals surface area contributed by atoms with Crippen molar-refractivity contribution in [1.82, 2.24) is 0 Å². The van der Waals surface area contributed by atoms with Crippen molar-refractivity contribution in [2.45, 2.75) is 19.9 Å². The van der Waals surface area contributed by atoms with Crippen LogP contribution in [0.3, 0.4) is 0 Å². The van der Waals surface area contributed by atoms with E-state index in [1.165, 1.54) is 25.1 Å². The summed E-state index contributed by atoms with van der Waals surface area (Å²) in [6.45, 7) is 3.22. The average molecular weight is 372 g/mol. The monoisotopic (exact) mass is 371 g/mol. The Kier molecular flexibility index (Phi) is 5.87. The summed E-state index contributed by atoms with van der Waals surface area (Å²) in [4.78, 5) is 22.9. The molecule has 2 N–H and O–H groups in total. The maximum absolute atomic E-state index is 13.9. The molecule has 1 heterocycles. The minimum absolute atomic E-state index is 0.0121. The molecule has 0 bridgehead atoms. The van der Waals surface area contributed by atoms with E-state index in [9.17, 15) is 19.1 Å². The van der Waals surface area contributed by atoms with Gasteiger partial charge in [-0.3, -0.25) is 0 Å². The molecule has 1 atom stereocenters. The van der Waals surface area contributed by atoms with Crippen LogP contribution in [0.2, 0.25) is 5.02 Å². The highest BCUT2D eigenvalue weighted by Crippen LogP contribution is 2.30. The number of hydrogen-bond acceptors (Lipinski definition) is 6. The zero-order valence-electron chi connectivity index (χ0n) is 13.3. The number of benzene rings is 1. The SMILES string of the molecule is CCOC(=O)Oc1cc(C(Nc2ccc(Cl)cc2F)C(=O)O)oc1C. The number of carboxylic acid groups (broad SMARTS) is 1. The van der Waals surface area contributed by atoms with Crippen molar-refractivity contribution in [3.05, 3.63) is 46.6 Å². The quantitative estimate of drug-likeness (QED) is 0.736. The third kappa shape index (κ3) is 4.63. The molecule has 0 spiro atoms. The van der Waals surface area contributed by atoms with E-state index in [2.05, 4.69) is 10.1 Å². The van der Waals surface area contributed by atoms with Crippen LogP contribution in [0.5, 0.6) is 5.75 Å². The smallest absolute Gasteiger partial charge is 0.479 e. The standard InChI is InChI=1S/C16H15ClFNO6/c1-3-23-16(22)25-12-7-13(24-8(12)2)14(15(20)21)19-11-5-4-9(17)6-10(11)18/h4-7,14,19H,3H2,1-2H3,(H,20,21). The predicted octanol–water partition coefficient (Wildman–Crippen LogP) is 4.15. The number of furan rings is 1. The van der Waals surface area contributed by atoms with Crippen molar-refractivity contribution >= 4 is 29.4 Å². The third-order valence-corrected chi connectivity index (χ3v) is 3.34. The Morgan fingerprint density at radius 1 is 1.40 bits per heavy atom. The molecule has 0 saturated heterocycles. The van der Waals surface area contributed by atoms with Gasteiger partial charge in [-0.05, 0) is 32.0 Å². The number of hydrogen-bond donors (Lipinski definition) is 2. The molecule has 25 heavy (non-hydrogen) atoms. The number of rotatable bonds is 6. The number of anilines is 1. The van der Waals surface area contributed by atoms with Gasteiger partial charge in [0, 0.05) is 11.1 Å². The average Bonchev–Trinajstić information content (AvgIpc) is 2.86. The van der Waals surface area contributed by atoms with E-state index in [0.717, 1.165) is 6.07 Å². The van der Waals surface area contributed by atoms with E-state index in [-0.39, 0.29) is 34.6 Å². The lowest BCUT2D eigenvalue weighted by Crippen LogP contribution is -2.20. The maximum Gasteiger partial charge on any atom is 0.513 e. The minimum atomic E-state index is -1.41. The van der Waals surface area contributed by atoms with Crippen molar-refractivity contribution in [3.63, 3.8) is 0 Å². The normalized spacial score (nSPS) is 11.7. The number of carbonyl (C=O) groups is 2. The lowest BCUT2D eigenvalue weighted by atomic mass is 10.2. The van der Waals surface area contributed by atoms with Gasteiger partial charge in [-0.2, -0.15) is 0 Å². The molecule has 0 aliphatic heterocycles. The first-order chi connectivity index (χ1) is 11.8. The van der Waals surface area contributed by atoms with E-state index >= 15 is 0 Å². The number of carbonyl (C=O) groups excluding carboxylic acids is 1.